The zero-order chi connectivity index (χ0) is 16.7. The molecule has 0 aliphatic heterocycles. The van der Waals surface area contributed by atoms with Gasteiger partial charge in [-0.05, 0) is 41.9 Å². The predicted molar refractivity (Wildman–Crippen MR) is 85.6 cm³/mol. The van der Waals surface area contributed by atoms with Crippen LogP contribution < -0.4 is 5.43 Å². The maximum Gasteiger partial charge on any atom is 0.354 e. The average Bonchev–Trinajstić information content (AvgIpc) is 2.47. The van der Waals surface area contributed by atoms with Crippen molar-refractivity contribution in [1.29, 1.82) is 0 Å². The van der Waals surface area contributed by atoms with Gasteiger partial charge < -0.3 is 10.2 Å². The Morgan fingerprint density at radius 3 is 2.77 bits per heavy atom. The van der Waals surface area contributed by atoms with Crippen LogP contribution in [-0.4, -0.2) is 30.6 Å². The summed E-state index contributed by atoms with van der Waals surface area (Å²) in [6, 6.07) is 2.60. The number of rotatable bonds is 7. The molecule has 120 valence electrons. The Labute approximate surface area is 141 Å². The molecule has 0 unspecified atom stereocenters. The van der Waals surface area contributed by atoms with Crippen LogP contribution in [0, 0.1) is 5.82 Å². The Balaban J connectivity index is 2.60. The molecule has 0 fully saturated rings. The first-order valence-electron chi connectivity index (χ1n) is 6.45. The predicted octanol–water partition coefficient (Wildman–Crippen LogP) is 2.88. The van der Waals surface area contributed by atoms with Crippen molar-refractivity contribution in [2.75, 3.05) is 13.2 Å². The minimum Gasteiger partial charge on any atom is -0.461 e. The molecule has 0 atom stereocenters. The van der Waals surface area contributed by atoms with Crippen molar-refractivity contribution in [3.63, 3.8) is 0 Å². The van der Waals surface area contributed by atoms with Crippen molar-refractivity contribution in [3.8, 4) is 0 Å². The van der Waals surface area contributed by atoms with E-state index in [1.807, 2.05) is 0 Å². The van der Waals surface area contributed by atoms with Gasteiger partial charge in [-0.3, -0.25) is 4.79 Å². The number of hydrogen-bond acceptors (Lipinski definition) is 5. The molecule has 1 rings (SSSR count). The lowest BCUT2D eigenvalue weighted by Crippen LogP contribution is -2.24. The largest absolute Gasteiger partial charge is 0.461 e. The van der Waals surface area contributed by atoms with Gasteiger partial charge in [-0.25, -0.2) is 9.18 Å². The molecule has 1 aromatic carbocycles. The van der Waals surface area contributed by atoms with Gasteiger partial charge in [0.25, 0.3) is 0 Å². The first-order chi connectivity index (χ1) is 10.4. The van der Waals surface area contributed by atoms with Crippen molar-refractivity contribution in [2.24, 2.45) is 5.10 Å². The summed E-state index contributed by atoms with van der Waals surface area (Å²) in [5.74, 6) is -1.39. The lowest BCUT2D eigenvalue weighted by atomic mass is 10.1. The molecule has 0 heterocycles. The molecule has 0 amide bonds. The van der Waals surface area contributed by atoms with Gasteiger partial charge in [0.05, 0.1) is 18.2 Å². The van der Waals surface area contributed by atoms with Crippen LogP contribution in [-0.2, 0) is 20.7 Å². The molecule has 0 saturated carbocycles. The molecule has 0 bridgehead atoms. The number of Topliss-reactive ketones (excluding diaryl/α,β-unsaturated/α-hetero) is 1. The summed E-state index contributed by atoms with van der Waals surface area (Å²) in [7, 11) is 0. The number of carbonyl (C=O) groups is 2. The van der Waals surface area contributed by atoms with E-state index in [9.17, 15) is 14.0 Å². The molecule has 0 aliphatic rings. The summed E-state index contributed by atoms with van der Waals surface area (Å²) in [4.78, 5) is 23.1. The van der Waals surface area contributed by atoms with E-state index in [4.69, 9.17) is 16.3 Å². The van der Waals surface area contributed by atoms with Crippen LogP contribution >= 0.6 is 27.5 Å². The van der Waals surface area contributed by atoms with Crippen molar-refractivity contribution in [1.82, 2.24) is 5.43 Å². The first kappa shape index (κ1) is 18.6. The molecular formula is C14H15BrClFN2O3. The van der Waals surface area contributed by atoms with Crippen LogP contribution in [0.1, 0.15) is 19.4 Å². The number of nitrogens with zero attached hydrogens (tertiary/aromatic N) is 1. The third-order valence-electron chi connectivity index (χ3n) is 2.61. The number of esters is 1. The summed E-state index contributed by atoms with van der Waals surface area (Å²) < 4.78 is 18.8. The number of hydrazone groups is 1. The smallest absolute Gasteiger partial charge is 0.354 e. The van der Waals surface area contributed by atoms with Crippen LogP contribution in [0.5, 0.6) is 0 Å². The topological polar surface area (TPSA) is 67.8 Å². The highest BCUT2D eigenvalue weighted by molar-refractivity contribution is 9.10. The lowest BCUT2D eigenvalue weighted by Gasteiger charge is -2.07. The minimum absolute atomic E-state index is 0.102. The second kappa shape index (κ2) is 8.85. The number of halogens is 3. The first-order valence-corrected chi connectivity index (χ1v) is 7.62. The van der Waals surface area contributed by atoms with Gasteiger partial charge in [-0.15, -0.1) is 0 Å². The summed E-state index contributed by atoms with van der Waals surface area (Å²) in [5, 5.41) is 4.05. The van der Waals surface area contributed by atoms with Crippen molar-refractivity contribution in [3.05, 3.63) is 33.0 Å². The molecule has 0 saturated heterocycles. The molecule has 1 N–H and O–H groups in total. The molecule has 22 heavy (non-hydrogen) atoms. The molecule has 0 radical (unpaired) electrons. The maximum absolute atomic E-state index is 13.7. The number of nitrogens with one attached hydrogen (secondary N) is 1. The second-order valence-electron chi connectivity index (χ2n) is 4.29. The van der Waals surface area contributed by atoms with Gasteiger partial charge >= 0.3 is 5.97 Å². The highest BCUT2D eigenvalue weighted by Crippen LogP contribution is 2.28. The highest BCUT2D eigenvalue weighted by Gasteiger charge is 2.14. The second-order valence-corrected chi connectivity index (χ2v) is 5.49. The van der Waals surface area contributed by atoms with Gasteiger partial charge in [-0.1, -0.05) is 11.6 Å². The van der Waals surface area contributed by atoms with E-state index in [1.54, 1.807) is 6.92 Å². The zero-order valence-electron chi connectivity index (χ0n) is 12.1. The van der Waals surface area contributed by atoms with Crippen LogP contribution in [0.3, 0.4) is 0 Å². The van der Waals surface area contributed by atoms with E-state index in [2.05, 4.69) is 26.5 Å². The van der Waals surface area contributed by atoms with Crippen molar-refractivity contribution >= 4 is 45.0 Å². The van der Waals surface area contributed by atoms with Crippen molar-refractivity contribution < 1.29 is 18.7 Å². The number of benzene rings is 1. The normalized spacial score (nSPS) is 11.2. The number of ether oxygens (including phenoxy) is 1. The SMILES string of the molecule is CCOC(=O)C(C)=NNCC(=O)Cc1c(F)ccc(Cl)c1Br. The van der Waals surface area contributed by atoms with Gasteiger partial charge in [0.2, 0.25) is 0 Å². The monoisotopic (exact) mass is 392 g/mol. The van der Waals surface area contributed by atoms with E-state index in [1.165, 1.54) is 19.1 Å². The van der Waals surface area contributed by atoms with E-state index < -0.39 is 11.8 Å². The van der Waals surface area contributed by atoms with Crippen LogP contribution in [0.25, 0.3) is 0 Å². The number of ketones is 1. The zero-order valence-corrected chi connectivity index (χ0v) is 14.4. The van der Waals surface area contributed by atoms with Crippen molar-refractivity contribution in [2.45, 2.75) is 20.3 Å². The Morgan fingerprint density at radius 1 is 1.45 bits per heavy atom. The maximum atomic E-state index is 13.7. The third kappa shape index (κ3) is 5.38. The number of carbonyl (C=O) groups excluding carboxylic acids is 2. The minimum atomic E-state index is -0.564. The molecular weight excluding hydrogens is 379 g/mol. The standard InChI is InChI=1S/C14H15BrClFN2O3/c1-3-22-14(21)8(2)19-18-7-9(20)6-10-12(17)5-4-11(16)13(10)15/h4-5,18H,3,6-7H2,1-2H3. The van der Waals surface area contributed by atoms with E-state index in [0.717, 1.165) is 0 Å². The molecule has 0 aromatic heterocycles. The van der Waals surface area contributed by atoms with Crippen LogP contribution in [0.2, 0.25) is 5.02 Å². The fraction of sp³-hybridized carbons (Fsp3) is 0.357. The number of hydrogen-bond donors (Lipinski definition) is 1. The summed E-state index contributed by atoms with van der Waals surface area (Å²) in [6.07, 6.45) is -0.145. The van der Waals surface area contributed by atoms with E-state index in [0.29, 0.717) is 9.50 Å². The fourth-order valence-corrected chi connectivity index (χ4v) is 2.16. The van der Waals surface area contributed by atoms with E-state index in [-0.39, 0.29) is 36.6 Å². The fourth-order valence-electron chi connectivity index (χ4n) is 1.52. The highest BCUT2D eigenvalue weighted by atomic mass is 79.9. The van der Waals surface area contributed by atoms with Crippen LogP contribution in [0.15, 0.2) is 21.7 Å². The van der Waals surface area contributed by atoms with Crippen LogP contribution in [0.4, 0.5) is 4.39 Å². The van der Waals surface area contributed by atoms with Gasteiger partial charge in [0.15, 0.2) is 5.78 Å². The van der Waals surface area contributed by atoms with Gasteiger partial charge in [0, 0.05) is 16.5 Å². The Hall–Kier alpha value is -1.47. The molecule has 0 spiro atoms. The Morgan fingerprint density at radius 2 is 2.14 bits per heavy atom. The van der Waals surface area contributed by atoms with Gasteiger partial charge in [-0.2, -0.15) is 5.10 Å². The summed E-state index contributed by atoms with van der Waals surface area (Å²) >= 11 is 9.02. The molecule has 5 nitrogen and oxygen atoms in total. The average molecular weight is 394 g/mol. The molecule has 8 heteroatoms. The quantitative estimate of drug-likeness (QED) is 0.335. The Kier molecular flexibility index (Phi) is 7.47. The third-order valence-corrected chi connectivity index (χ3v) is 4.06. The molecule has 1 aromatic rings. The van der Waals surface area contributed by atoms with E-state index >= 15 is 0 Å². The summed E-state index contributed by atoms with van der Waals surface area (Å²) in [6.45, 7) is 3.24. The summed E-state index contributed by atoms with van der Waals surface area (Å²) in [5.41, 5.74) is 2.75. The lowest BCUT2D eigenvalue weighted by molar-refractivity contribution is -0.135. The molecule has 0 aliphatic carbocycles. The van der Waals surface area contributed by atoms with Gasteiger partial charge in [0.1, 0.15) is 11.5 Å². The Bertz CT molecular complexity index is 608.